The zero-order chi connectivity index (χ0) is 21.1. The zero-order valence-electron chi connectivity index (χ0n) is 17.0. The van der Waals surface area contributed by atoms with Gasteiger partial charge in [-0.25, -0.2) is 0 Å². The molecule has 0 atom stereocenters. The fraction of sp³-hybridized carbons (Fsp3) is 0.0769. The molecule has 5 rings (SSSR count). The second-order valence-corrected chi connectivity index (χ2v) is 8.04. The minimum absolute atomic E-state index is 0. The Labute approximate surface area is 198 Å². The van der Waals surface area contributed by atoms with Crippen LogP contribution in [-0.2, 0) is 24.9 Å². The summed E-state index contributed by atoms with van der Waals surface area (Å²) in [6.07, 6.45) is 3.07. The predicted octanol–water partition coefficient (Wildman–Crippen LogP) is 7.10. The van der Waals surface area contributed by atoms with Crippen molar-refractivity contribution in [3.8, 4) is 11.3 Å². The zero-order valence-corrected chi connectivity index (χ0v) is 20.3. The maximum absolute atomic E-state index is 10.0. The molecular weight excluding hydrogens is 583 g/mol. The molecule has 3 nitrogen and oxygen atoms in total. The van der Waals surface area contributed by atoms with Gasteiger partial charge in [-0.1, -0.05) is 47.3 Å². The van der Waals surface area contributed by atoms with Crippen molar-refractivity contribution < 1.29 is 30.0 Å². The van der Waals surface area contributed by atoms with Gasteiger partial charge in [0.25, 0.3) is 0 Å². The van der Waals surface area contributed by atoms with Gasteiger partial charge in [-0.15, -0.1) is 41.0 Å². The number of thiophene rings is 1. The number of hydrogen-bond acceptors (Lipinski definition) is 4. The molecule has 0 saturated heterocycles. The number of aliphatic hydroxyl groups excluding tert-OH is 1. The molecule has 1 N–H and O–H groups in total. The summed E-state index contributed by atoms with van der Waals surface area (Å²) in [5.74, 6) is -0.0625. The first kappa shape index (κ1) is 22.8. The van der Waals surface area contributed by atoms with Gasteiger partial charge in [0.05, 0.1) is 5.76 Å². The molecule has 5 aromatic rings. The van der Waals surface area contributed by atoms with Gasteiger partial charge in [0.2, 0.25) is 0 Å². The Morgan fingerprint density at radius 1 is 0.968 bits per heavy atom. The predicted molar refractivity (Wildman–Crippen MR) is 126 cm³/mol. The molecule has 157 valence electrons. The SMILES string of the molecule is CC(=O)/C=C(/C)O.[Ir].[c-]1c(-c2nccc3c2sc2ccccc23)ccc2ccccc12. The number of aliphatic hydroxyl groups is 1. The van der Waals surface area contributed by atoms with E-state index in [9.17, 15) is 4.79 Å². The molecule has 2 heterocycles. The molecule has 0 spiro atoms. The van der Waals surface area contributed by atoms with Gasteiger partial charge in [0, 0.05) is 47.5 Å². The average molecular weight is 603 g/mol. The van der Waals surface area contributed by atoms with Crippen molar-refractivity contribution in [1.82, 2.24) is 4.98 Å². The van der Waals surface area contributed by atoms with Crippen molar-refractivity contribution in [2.24, 2.45) is 0 Å². The van der Waals surface area contributed by atoms with E-state index in [1.807, 2.05) is 6.20 Å². The van der Waals surface area contributed by atoms with E-state index < -0.39 is 0 Å². The maximum atomic E-state index is 10.0. The summed E-state index contributed by atoms with van der Waals surface area (Å²) < 4.78 is 2.54. The molecule has 0 amide bonds. The van der Waals surface area contributed by atoms with E-state index in [0.29, 0.717) is 0 Å². The largest absolute Gasteiger partial charge is 0.512 e. The molecule has 0 aliphatic rings. The van der Waals surface area contributed by atoms with Gasteiger partial charge >= 0.3 is 0 Å². The number of carbonyl (C=O) groups is 1. The minimum atomic E-state index is -0.125. The van der Waals surface area contributed by atoms with E-state index in [-0.39, 0.29) is 31.6 Å². The van der Waals surface area contributed by atoms with Crippen LogP contribution in [0.4, 0.5) is 0 Å². The van der Waals surface area contributed by atoms with Gasteiger partial charge in [-0.2, -0.15) is 0 Å². The number of nitrogens with zero attached hydrogens (tertiary/aromatic N) is 1. The Morgan fingerprint density at radius 3 is 2.45 bits per heavy atom. The van der Waals surface area contributed by atoms with Crippen LogP contribution in [0.15, 0.2) is 84.8 Å². The summed E-state index contributed by atoms with van der Waals surface area (Å²) in [6.45, 7) is 2.85. The summed E-state index contributed by atoms with van der Waals surface area (Å²) in [7, 11) is 0. The summed E-state index contributed by atoms with van der Waals surface area (Å²) in [6, 6.07) is 26.8. The van der Waals surface area contributed by atoms with Crippen molar-refractivity contribution in [2.75, 3.05) is 0 Å². The van der Waals surface area contributed by atoms with E-state index in [2.05, 4.69) is 77.8 Å². The van der Waals surface area contributed by atoms with Crippen LogP contribution in [0.5, 0.6) is 0 Å². The first-order valence-corrected chi connectivity index (χ1v) is 10.4. The van der Waals surface area contributed by atoms with E-state index in [4.69, 9.17) is 5.11 Å². The van der Waals surface area contributed by atoms with Crippen LogP contribution in [0.2, 0.25) is 0 Å². The van der Waals surface area contributed by atoms with Crippen molar-refractivity contribution >= 4 is 48.1 Å². The van der Waals surface area contributed by atoms with Gasteiger partial charge in [0.1, 0.15) is 0 Å². The van der Waals surface area contributed by atoms with Crippen molar-refractivity contribution in [1.29, 1.82) is 0 Å². The van der Waals surface area contributed by atoms with Crippen molar-refractivity contribution in [2.45, 2.75) is 13.8 Å². The van der Waals surface area contributed by atoms with Crippen LogP contribution in [0, 0.1) is 6.07 Å². The fourth-order valence-corrected chi connectivity index (χ4v) is 4.59. The van der Waals surface area contributed by atoms with Gasteiger partial charge in [-0.3, -0.25) is 9.78 Å². The molecule has 3 aromatic carbocycles. The quantitative estimate of drug-likeness (QED) is 0.133. The van der Waals surface area contributed by atoms with E-state index in [0.717, 1.165) is 16.6 Å². The molecule has 0 bridgehead atoms. The Bertz CT molecular complexity index is 1400. The van der Waals surface area contributed by atoms with Gasteiger partial charge < -0.3 is 5.11 Å². The molecule has 0 fully saturated rings. The number of allylic oxidation sites excluding steroid dienone is 2. The van der Waals surface area contributed by atoms with E-state index in [1.54, 1.807) is 11.3 Å². The molecule has 1 radical (unpaired) electrons. The third-order valence-corrected chi connectivity index (χ3v) is 5.81. The Hall–Kier alpha value is -2.85. The molecule has 0 aliphatic heterocycles. The van der Waals surface area contributed by atoms with Crippen LogP contribution in [-0.4, -0.2) is 15.9 Å². The third-order valence-electron chi connectivity index (χ3n) is 4.62. The number of pyridine rings is 1. The van der Waals surface area contributed by atoms with Crippen molar-refractivity contribution in [3.63, 3.8) is 0 Å². The van der Waals surface area contributed by atoms with Gasteiger partial charge in [-0.05, 0) is 36.8 Å². The number of ketones is 1. The summed E-state index contributed by atoms with van der Waals surface area (Å²) >= 11 is 1.81. The monoisotopic (exact) mass is 603 g/mol. The number of rotatable bonds is 2. The van der Waals surface area contributed by atoms with Crippen LogP contribution in [0.3, 0.4) is 0 Å². The van der Waals surface area contributed by atoms with Crippen LogP contribution in [0.1, 0.15) is 13.8 Å². The minimum Gasteiger partial charge on any atom is -0.512 e. The second-order valence-electron chi connectivity index (χ2n) is 6.99. The number of aromatic nitrogens is 1. The summed E-state index contributed by atoms with van der Waals surface area (Å²) in [5, 5.41) is 13.3. The summed E-state index contributed by atoms with van der Waals surface area (Å²) in [4.78, 5) is 14.7. The Balaban J connectivity index is 0.000000299. The first-order chi connectivity index (χ1) is 14.5. The standard InChI is InChI=1S/C21H12NS.C5H8O2.Ir/c1-2-6-15-13-16(10-9-14(15)5-1)20-21-18(11-12-22-20)17-7-3-4-8-19(17)23-21;1-4(6)3-5(2)7;/h1-12H;3,6H,1-2H3;/q-1;;/b;4-3-;. The van der Waals surface area contributed by atoms with Crippen LogP contribution < -0.4 is 0 Å². The Morgan fingerprint density at radius 2 is 1.71 bits per heavy atom. The van der Waals surface area contributed by atoms with Crippen LogP contribution in [0.25, 0.3) is 42.2 Å². The third kappa shape index (κ3) is 5.08. The normalized spacial score (nSPS) is 11.1. The summed E-state index contributed by atoms with van der Waals surface area (Å²) in [5.41, 5.74) is 2.08. The topological polar surface area (TPSA) is 50.2 Å². The smallest absolute Gasteiger partial charge is 0.155 e. The fourth-order valence-electron chi connectivity index (χ4n) is 3.39. The second kappa shape index (κ2) is 9.97. The number of hydrogen-bond donors (Lipinski definition) is 1. The molecule has 0 aliphatic carbocycles. The van der Waals surface area contributed by atoms with E-state index >= 15 is 0 Å². The first-order valence-electron chi connectivity index (χ1n) is 9.58. The molecule has 0 saturated carbocycles. The number of benzene rings is 3. The molecule has 31 heavy (non-hydrogen) atoms. The van der Waals surface area contributed by atoms with Crippen LogP contribution >= 0.6 is 11.3 Å². The molecule has 5 heteroatoms. The van der Waals surface area contributed by atoms with E-state index in [1.165, 1.54) is 45.5 Å². The molecule has 2 aromatic heterocycles. The number of fused-ring (bicyclic) bond motifs is 4. The molecular formula is C26H20IrNO2S-. The maximum Gasteiger partial charge on any atom is 0.155 e. The number of carbonyl (C=O) groups excluding carboxylic acids is 1. The Kier molecular flexibility index (Phi) is 7.34. The van der Waals surface area contributed by atoms with Gasteiger partial charge in [0.15, 0.2) is 5.78 Å². The van der Waals surface area contributed by atoms with Crippen molar-refractivity contribution in [3.05, 3.63) is 90.8 Å². The molecule has 0 unspecified atom stereocenters. The average Bonchev–Trinajstić information content (AvgIpc) is 3.12.